The Labute approximate surface area is 129 Å². The summed E-state index contributed by atoms with van der Waals surface area (Å²) < 4.78 is 6.72. The van der Waals surface area contributed by atoms with Gasteiger partial charge in [0, 0.05) is 19.2 Å². The summed E-state index contributed by atoms with van der Waals surface area (Å²) in [4.78, 5) is 12.6. The predicted molar refractivity (Wildman–Crippen MR) is 88.5 cm³/mol. The van der Waals surface area contributed by atoms with Crippen LogP contribution in [-0.4, -0.2) is 24.1 Å². The molecule has 116 valence electrons. The van der Waals surface area contributed by atoms with Crippen LogP contribution in [0.25, 0.3) is 11.3 Å². The highest BCUT2D eigenvalue weighted by Crippen LogP contribution is 2.23. The third-order valence-electron chi connectivity index (χ3n) is 3.64. The van der Waals surface area contributed by atoms with Crippen molar-refractivity contribution in [3.8, 4) is 11.3 Å². The first-order valence-corrected chi connectivity index (χ1v) is 7.10. The van der Waals surface area contributed by atoms with Gasteiger partial charge in [0.25, 0.3) is 5.56 Å². The Kier molecular flexibility index (Phi) is 4.78. The summed E-state index contributed by atoms with van der Waals surface area (Å²) in [7, 11) is 1.59. The van der Waals surface area contributed by atoms with Gasteiger partial charge in [0.05, 0.1) is 17.9 Å². The molecule has 22 heavy (non-hydrogen) atoms. The Hall–Kier alpha value is -2.40. The van der Waals surface area contributed by atoms with Crippen molar-refractivity contribution in [2.45, 2.75) is 20.4 Å². The zero-order valence-electron chi connectivity index (χ0n) is 13.1. The quantitative estimate of drug-likeness (QED) is 0.655. The summed E-state index contributed by atoms with van der Waals surface area (Å²) >= 11 is 0. The average molecular weight is 299 g/mol. The zero-order valence-corrected chi connectivity index (χ0v) is 13.1. The number of rotatable bonds is 5. The Bertz CT molecular complexity index is 763. The second kappa shape index (κ2) is 6.58. The summed E-state index contributed by atoms with van der Waals surface area (Å²) in [5, 5.41) is 7.53. The summed E-state index contributed by atoms with van der Waals surface area (Å²) in [6, 6.07) is 9.57. The van der Waals surface area contributed by atoms with Gasteiger partial charge in [-0.15, -0.1) is 0 Å². The van der Waals surface area contributed by atoms with E-state index in [0.717, 1.165) is 16.8 Å². The molecule has 0 aliphatic carbocycles. The molecule has 0 saturated carbocycles. The molecule has 0 amide bonds. The lowest BCUT2D eigenvalue weighted by molar-refractivity contribution is 0.186. The number of aromatic nitrogens is 1. The highest BCUT2D eigenvalue weighted by Gasteiger charge is 2.13. The van der Waals surface area contributed by atoms with Crippen LogP contribution in [0.1, 0.15) is 16.7 Å². The minimum absolute atomic E-state index is 0.213. The minimum atomic E-state index is -0.262. The summed E-state index contributed by atoms with van der Waals surface area (Å²) in [5.41, 5.74) is 9.52. The Morgan fingerprint density at radius 1 is 1.27 bits per heavy atom. The van der Waals surface area contributed by atoms with Crippen LogP contribution in [0.3, 0.4) is 0 Å². The molecular weight excluding hydrogens is 278 g/mol. The van der Waals surface area contributed by atoms with Crippen molar-refractivity contribution < 1.29 is 4.74 Å². The summed E-state index contributed by atoms with van der Waals surface area (Å²) in [6.07, 6.45) is 0. The van der Waals surface area contributed by atoms with Gasteiger partial charge in [-0.3, -0.25) is 10.2 Å². The monoisotopic (exact) mass is 299 g/mol. The van der Waals surface area contributed by atoms with Gasteiger partial charge in [0.2, 0.25) is 0 Å². The van der Waals surface area contributed by atoms with E-state index in [1.807, 2.05) is 32.0 Å². The van der Waals surface area contributed by atoms with Gasteiger partial charge in [-0.1, -0.05) is 23.8 Å². The molecule has 0 bridgehead atoms. The standard InChI is InChI=1S/C17H21N3O2/c1-11-4-5-13(12(2)10-11)15-7-6-14(16(18)19)17(21)20(15)8-9-22-3/h4-7,10H,8-9H2,1-3H3,(H3,18,19). The largest absolute Gasteiger partial charge is 0.384 e. The van der Waals surface area contributed by atoms with Gasteiger partial charge in [0.15, 0.2) is 0 Å². The number of amidine groups is 1. The van der Waals surface area contributed by atoms with Crippen LogP contribution in [0.2, 0.25) is 0 Å². The second-order valence-corrected chi connectivity index (χ2v) is 5.31. The molecule has 0 fully saturated rings. The fourth-order valence-corrected chi connectivity index (χ4v) is 2.52. The van der Waals surface area contributed by atoms with Crippen molar-refractivity contribution in [1.29, 1.82) is 5.41 Å². The van der Waals surface area contributed by atoms with Crippen molar-refractivity contribution in [3.05, 3.63) is 57.4 Å². The van der Waals surface area contributed by atoms with Crippen LogP contribution in [-0.2, 0) is 11.3 Å². The molecule has 0 radical (unpaired) electrons. The fraction of sp³-hybridized carbons (Fsp3) is 0.294. The van der Waals surface area contributed by atoms with E-state index in [-0.39, 0.29) is 17.0 Å². The second-order valence-electron chi connectivity index (χ2n) is 5.31. The lowest BCUT2D eigenvalue weighted by atomic mass is 10.0. The molecular formula is C17H21N3O2. The number of nitrogens with two attached hydrogens (primary N) is 1. The Morgan fingerprint density at radius 2 is 2.00 bits per heavy atom. The SMILES string of the molecule is COCCn1c(-c2ccc(C)cc2C)ccc(C(=N)N)c1=O. The van der Waals surface area contributed by atoms with Gasteiger partial charge < -0.3 is 15.0 Å². The number of hydrogen-bond acceptors (Lipinski definition) is 3. The first-order chi connectivity index (χ1) is 10.5. The number of nitrogen functional groups attached to an aromatic ring is 1. The lowest BCUT2D eigenvalue weighted by Crippen LogP contribution is -2.31. The first kappa shape index (κ1) is 16.0. The van der Waals surface area contributed by atoms with E-state index in [9.17, 15) is 4.79 Å². The zero-order chi connectivity index (χ0) is 16.3. The number of pyridine rings is 1. The average Bonchev–Trinajstić information content (AvgIpc) is 2.45. The molecule has 0 atom stereocenters. The van der Waals surface area contributed by atoms with Crippen molar-refractivity contribution in [3.63, 3.8) is 0 Å². The number of methoxy groups -OCH3 is 1. The molecule has 0 aliphatic heterocycles. The molecule has 1 heterocycles. The van der Waals surface area contributed by atoms with E-state index in [1.165, 1.54) is 5.56 Å². The number of benzene rings is 1. The van der Waals surface area contributed by atoms with Crippen LogP contribution in [0.15, 0.2) is 35.1 Å². The van der Waals surface area contributed by atoms with Gasteiger partial charge in [-0.25, -0.2) is 0 Å². The molecule has 0 spiro atoms. The molecule has 0 aliphatic rings. The molecule has 5 nitrogen and oxygen atoms in total. The van der Waals surface area contributed by atoms with Crippen molar-refractivity contribution >= 4 is 5.84 Å². The summed E-state index contributed by atoms with van der Waals surface area (Å²) in [6.45, 7) is 4.89. The lowest BCUT2D eigenvalue weighted by Gasteiger charge is -2.16. The van der Waals surface area contributed by atoms with Gasteiger partial charge >= 0.3 is 0 Å². The van der Waals surface area contributed by atoms with Crippen molar-refractivity contribution in [2.24, 2.45) is 5.73 Å². The van der Waals surface area contributed by atoms with E-state index in [4.69, 9.17) is 15.9 Å². The number of nitrogens with zero attached hydrogens (tertiary/aromatic N) is 1. The van der Waals surface area contributed by atoms with E-state index in [0.29, 0.717) is 13.2 Å². The van der Waals surface area contributed by atoms with E-state index in [1.54, 1.807) is 17.7 Å². The van der Waals surface area contributed by atoms with E-state index >= 15 is 0 Å². The van der Waals surface area contributed by atoms with Crippen molar-refractivity contribution in [2.75, 3.05) is 13.7 Å². The smallest absolute Gasteiger partial charge is 0.262 e. The molecule has 2 aromatic rings. The fourth-order valence-electron chi connectivity index (χ4n) is 2.52. The van der Waals surface area contributed by atoms with Crippen molar-refractivity contribution in [1.82, 2.24) is 4.57 Å². The molecule has 1 aromatic heterocycles. The van der Waals surface area contributed by atoms with Crippen LogP contribution >= 0.6 is 0 Å². The van der Waals surface area contributed by atoms with Gasteiger partial charge in [0.1, 0.15) is 5.84 Å². The molecule has 3 N–H and O–H groups in total. The van der Waals surface area contributed by atoms with Crippen LogP contribution in [0, 0.1) is 19.3 Å². The highest BCUT2D eigenvalue weighted by atomic mass is 16.5. The Morgan fingerprint density at radius 3 is 2.59 bits per heavy atom. The maximum atomic E-state index is 12.6. The maximum Gasteiger partial charge on any atom is 0.262 e. The molecule has 1 aromatic carbocycles. The van der Waals surface area contributed by atoms with Crippen LogP contribution < -0.4 is 11.3 Å². The van der Waals surface area contributed by atoms with E-state index in [2.05, 4.69) is 6.07 Å². The molecule has 0 saturated heterocycles. The van der Waals surface area contributed by atoms with Crippen LogP contribution in [0.4, 0.5) is 0 Å². The highest BCUT2D eigenvalue weighted by molar-refractivity contribution is 5.94. The van der Waals surface area contributed by atoms with Gasteiger partial charge in [-0.2, -0.15) is 0 Å². The maximum absolute atomic E-state index is 12.6. The minimum Gasteiger partial charge on any atom is -0.384 e. The number of aryl methyl sites for hydroxylation is 2. The molecule has 2 rings (SSSR count). The topological polar surface area (TPSA) is 81.1 Å². The number of nitrogens with one attached hydrogen (secondary N) is 1. The predicted octanol–water partition coefficient (Wildman–Crippen LogP) is 2.06. The first-order valence-electron chi connectivity index (χ1n) is 7.10. The Balaban J connectivity index is 2.66. The van der Waals surface area contributed by atoms with Crippen LogP contribution in [0.5, 0.6) is 0 Å². The van der Waals surface area contributed by atoms with Gasteiger partial charge in [-0.05, 0) is 31.5 Å². The molecule has 0 unspecified atom stereocenters. The number of hydrogen-bond donors (Lipinski definition) is 2. The molecule has 5 heteroatoms. The summed E-state index contributed by atoms with van der Waals surface area (Å²) in [5.74, 6) is -0.219. The third kappa shape index (κ3) is 3.09. The normalized spacial score (nSPS) is 10.7. The third-order valence-corrected chi connectivity index (χ3v) is 3.64. The van der Waals surface area contributed by atoms with E-state index < -0.39 is 0 Å². The number of ether oxygens (including phenoxy) is 1.